The van der Waals surface area contributed by atoms with Gasteiger partial charge in [0.25, 0.3) is 0 Å². The first-order chi connectivity index (χ1) is 5.75. The van der Waals surface area contributed by atoms with E-state index >= 15 is 0 Å². The van der Waals surface area contributed by atoms with E-state index in [4.69, 9.17) is 0 Å². The molecule has 4 heteroatoms. The molecule has 0 bridgehead atoms. The van der Waals surface area contributed by atoms with Gasteiger partial charge in [-0.25, -0.2) is 4.39 Å². The van der Waals surface area contributed by atoms with Crippen molar-refractivity contribution < 1.29 is 13.9 Å². The van der Waals surface area contributed by atoms with Gasteiger partial charge in [-0.2, -0.15) is 0 Å². The molecule has 2 atom stereocenters. The number of esters is 1. The van der Waals surface area contributed by atoms with E-state index in [-0.39, 0.29) is 0 Å². The summed E-state index contributed by atoms with van der Waals surface area (Å²) < 4.78 is 17.7. The van der Waals surface area contributed by atoms with Crippen molar-refractivity contribution in [2.24, 2.45) is 5.92 Å². The van der Waals surface area contributed by atoms with Gasteiger partial charge < -0.3 is 10.1 Å². The Bertz CT molecular complexity index is 163. The van der Waals surface area contributed by atoms with Gasteiger partial charge in [0, 0.05) is 0 Å². The molecule has 0 aromatic heterocycles. The maximum absolute atomic E-state index is 13.2. The van der Waals surface area contributed by atoms with E-state index in [1.807, 2.05) is 0 Å². The second-order valence-electron chi connectivity index (χ2n) is 2.97. The molecule has 0 radical (unpaired) electrons. The maximum Gasteiger partial charge on any atom is 0.311 e. The van der Waals surface area contributed by atoms with Gasteiger partial charge in [0.05, 0.1) is 13.0 Å². The lowest BCUT2D eigenvalue weighted by atomic mass is 9.99. The topological polar surface area (TPSA) is 38.3 Å². The van der Waals surface area contributed by atoms with Crippen LogP contribution in [0.15, 0.2) is 0 Å². The fourth-order valence-electron chi connectivity index (χ4n) is 1.42. The van der Waals surface area contributed by atoms with Gasteiger partial charge in [0.15, 0.2) is 0 Å². The van der Waals surface area contributed by atoms with Crippen LogP contribution in [0.25, 0.3) is 0 Å². The minimum Gasteiger partial charge on any atom is -0.469 e. The van der Waals surface area contributed by atoms with Crippen LogP contribution in [-0.2, 0) is 9.53 Å². The summed E-state index contributed by atoms with van der Waals surface area (Å²) in [5.41, 5.74) is 0. The van der Waals surface area contributed by atoms with Crippen molar-refractivity contribution in [3.05, 3.63) is 0 Å². The third kappa shape index (κ3) is 2.17. The fourth-order valence-corrected chi connectivity index (χ4v) is 1.42. The highest BCUT2D eigenvalue weighted by molar-refractivity contribution is 5.73. The van der Waals surface area contributed by atoms with Crippen molar-refractivity contribution in [1.29, 1.82) is 0 Å². The number of hydrogen-bond donors (Lipinski definition) is 1. The van der Waals surface area contributed by atoms with Crippen LogP contribution >= 0.6 is 0 Å². The third-order valence-corrected chi connectivity index (χ3v) is 2.17. The van der Waals surface area contributed by atoms with Gasteiger partial charge in [-0.15, -0.1) is 0 Å². The van der Waals surface area contributed by atoms with Gasteiger partial charge in [0.2, 0.25) is 0 Å². The summed E-state index contributed by atoms with van der Waals surface area (Å²) in [4.78, 5) is 11.0. The Balaban J connectivity index is 2.52. The quantitative estimate of drug-likeness (QED) is 0.590. The molecule has 0 aromatic rings. The molecule has 1 aliphatic rings. The van der Waals surface area contributed by atoms with E-state index in [0.29, 0.717) is 25.9 Å². The number of carbonyl (C=O) groups is 1. The fraction of sp³-hybridized carbons (Fsp3) is 0.875. The van der Waals surface area contributed by atoms with Crippen molar-refractivity contribution in [2.45, 2.75) is 19.0 Å². The Labute approximate surface area is 71.3 Å². The van der Waals surface area contributed by atoms with E-state index in [1.165, 1.54) is 7.11 Å². The summed E-state index contributed by atoms with van der Waals surface area (Å²) in [6.07, 6.45) is -0.111. The van der Waals surface area contributed by atoms with E-state index in [2.05, 4.69) is 10.1 Å². The zero-order valence-corrected chi connectivity index (χ0v) is 7.18. The number of nitrogens with one attached hydrogen (secondary N) is 1. The van der Waals surface area contributed by atoms with Crippen LogP contribution in [-0.4, -0.2) is 32.3 Å². The van der Waals surface area contributed by atoms with E-state index in [0.717, 1.165) is 0 Å². The number of ether oxygens (including phenoxy) is 1. The minimum atomic E-state index is -1.05. The Morgan fingerprint density at radius 1 is 1.50 bits per heavy atom. The second kappa shape index (κ2) is 4.40. The summed E-state index contributed by atoms with van der Waals surface area (Å²) in [6.45, 7) is 1.34. The highest BCUT2D eigenvalue weighted by Gasteiger charge is 2.29. The summed E-state index contributed by atoms with van der Waals surface area (Å²) in [7, 11) is 1.30. The monoisotopic (exact) mass is 175 g/mol. The second-order valence-corrected chi connectivity index (χ2v) is 2.97. The van der Waals surface area contributed by atoms with Crippen LogP contribution in [0.5, 0.6) is 0 Å². The van der Waals surface area contributed by atoms with Crippen molar-refractivity contribution >= 4 is 5.97 Å². The molecule has 12 heavy (non-hydrogen) atoms. The molecule has 1 aliphatic heterocycles. The predicted octanol–water partition coefficient (Wildman–Crippen LogP) is 0.497. The average Bonchev–Trinajstić information content (AvgIpc) is 2.28. The van der Waals surface area contributed by atoms with Crippen LogP contribution in [0.2, 0.25) is 0 Å². The molecule has 3 nitrogen and oxygen atoms in total. The summed E-state index contributed by atoms with van der Waals surface area (Å²) in [5, 5.41) is 3.04. The standard InChI is InChI=1S/C8H14FNO2/c1-12-8(11)6-2-4-10-5-3-7(6)9/h6-7,10H,2-5H2,1H3. The van der Waals surface area contributed by atoms with Crippen LogP contribution in [0.4, 0.5) is 4.39 Å². The van der Waals surface area contributed by atoms with Crippen LogP contribution < -0.4 is 5.32 Å². The molecule has 0 aromatic carbocycles. The molecular formula is C8H14FNO2. The van der Waals surface area contributed by atoms with Crippen molar-refractivity contribution in [3.63, 3.8) is 0 Å². The van der Waals surface area contributed by atoms with Gasteiger partial charge in [-0.3, -0.25) is 4.79 Å². The normalized spacial score (nSPS) is 30.8. The molecule has 0 spiro atoms. The first-order valence-electron chi connectivity index (χ1n) is 4.18. The number of carbonyl (C=O) groups excluding carboxylic acids is 1. The lowest BCUT2D eigenvalue weighted by Crippen LogP contribution is -2.26. The Hall–Kier alpha value is -0.640. The maximum atomic E-state index is 13.2. The lowest BCUT2D eigenvalue weighted by molar-refractivity contribution is -0.147. The van der Waals surface area contributed by atoms with Crippen molar-refractivity contribution in [1.82, 2.24) is 5.32 Å². The van der Waals surface area contributed by atoms with Gasteiger partial charge in [-0.1, -0.05) is 0 Å². The first-order valence-corrected chi connectivity index (χ1v) is 4.18. The van der Waals surface area contributed by atoms with Gasteiger partial charge >= 0.3 is 5.97 Å². The highest BCUT2D eigenvalue weighted by Crippen LogP contribution is 2.18. The number of halogens is 1. The molecular weight excluding hydrogens is 161 g/mol. The first kappa shape index (κ1) is 9.45. The Morgan fingerprint density at radius 2 is 2.17 bits per heavy atom. The molecule has 1 fully saturated rings. The zero-order chi connectivity index (χ0) is 8.97. The van der Waals surface area contributed by atoms with Gasteiger partial charge in [-0.05, 0) is 25.9 Å². The molecule has 70 valence electrons. The molecule has 0 aliphatic carbocycles. The molecule has 1 rings (SSSR count). The van der Waals surface area contributed by atoms with Crippen LogP contribution in [0, 0.1) is 5.92 Å². The number of methoxy groups -OCH3 is 1. The van der Waals surface area contributed by atoms with Crippen molar-refractivity contribution in [3.8, 4) is 0 Å². The molecule has 2 unspecified atom stereocenters. The summed E-state index contributed by atoms with van der Waals surface area (Å²) in [5.74, 6) is -0.990. The van der Waals surface area contributed by atoms with Crippen LogP contribution in [0.3, 0.4) is 0 Å². The molecule has 0 amide bonds. The van der Waals surface area contributed by atoms with Crippen molar-refractivity contribution in [2.75, 3.05) is 20.2 Å². The number of rotatable bonds is 1. The Kier molecular flexibility index (Phi) is 3.47. The Morgan fingerprint density at radius 3 is 2.83 bits per heavy atom. The summed E-state index contributed by atoms with van der Waals surface area (Å²) in [6, 6.07) is 0. The molecule has 0 saturated carbocycles. The summed E-state index contributed by atoms with van der Waals surface area (Å²) >= 11 is 0. The van der Waals surface area contributed by atoms with E-state index in [9.17, 15) is 9.18 Å². The third-order valence-electron chi connectivity index (χ3n) is 2.17. The molecule has 1 saturated heterocycles. The molecule has 1 N–H and O–H groups in total. The highest BCUT2D eigenvalue weighted by atomic mass is 19.1. The molecule has 1 heterocycles. The largest absolute Gasteiger partial charge is 0.469 e. The zero-order valence-electron chi connectivity index (χ0n) is 7.18. The van der Waals surface area contributed by atoms with E-state index in [1.54, 1.807) is 0 Å². The SMILES string of the molecule is COC(=O)C1CCNCCC1F. The van der Waals surface area contributed by atoms with Gasteiger partial charge in [0.1, 0.15) is 6.17 Å². The average molecular weight is 175 g/mol. The van der Waals surface area contributed by atoms with E-state index < -0.39 is 18.1 Å². The smallest absolute Gasteiger partial charge is 0.311 e. The lowest BCUT2D eigenvalue weighted by Gasteiger charge is -2.14. The van der Waals surface area contributed by atoms with Crippen LogP contribution in [0.1, 0.15) is 12.8 Å². The minimum absolute atomic E-state index is 0.403. The predicted molar refractivity (Wildman–Crippen MR) is 42.5 cm³/mol. The number of hydrogen-bond acceptors (Lipinski definition) is 3. The number of alkyl halides is 1.